The van der Waals surface area contributed by atoms with Gasteiger partial charge in [0.2, 0.25) is 0 Å². The number of nitrogens with zero attached hydrogens (tertiary/aromatic N) is 1. The molecule has 2 nitrogen and oxygen atoms in total. The van der Waals surface area contributed by atoms with Gasteiger partial charge >= 0.3 is 0 Å². The van der Waals surface area contributed by atoms with Crippen molar-refractivity contribution in [1.29, 1.82) is 0 Å². The van der Waals surface area contributed by atoms with Gasteiger partial charge in [0.15, 0.2) is 0 Å². The summed E-state index contributed by atoms with van der Waals surface area (Å²) in [7, 11) is 0. The topological polar surface area (TPSA) is 29.3 Å². The summed E-state index contributed by atoms with van der Waals surface area (Å²) < 4.78 is 0. The molecule has 0 spiro atoms. The quantitative estimate of drug-likeness (QED) is 0.834. The zero-order valence-electron chi connectivity index (χ0n) is 10.4. The molecule has 1 saturated heterocycles. The zero-order chi connectivity index (χ0) is 12.3. The molecule has 0 aromatic heterocycles. The molecule has 0 saturated carbocycles. The van der Waals surface area contributed by atoms with E-state index in [-0.39, 0.29) is 0 Å². The zero-order valence-corrected chi connectivity index (χ0v) is 11.2. The van der Waals surface area contributed by atoms with Crippen LogP contribution >= 0.6 is 12.2 Å². The van der Waals surface area contributed by atoms with Crippen molar-refractivity contribution in [1.82, 2.24) is 4.90 Å². The maximum absolute atomic E-state index is 5.66. The summed E-state index contributed by atoms with van der Waals surface area (Å²) in [5, 5.41) is 0. The van der Waals surface area contributed by atoms with Gasteiger partial charge in [0, 0.05) is 18.2 Å². The molecular weight excluding hydrogens is 228 g/mol. The number of piperidine rings is 1. The van der Waals surface area contributed by atoms with Crippen LogP contribution in [0.25, 0.3) is 0 Å². The molecule has 0 amide bonds. The molecule has 0 aliphatic carbocycles. The molecule has 2 rings (SSSR count). The van der Waals surface area contributed by atoms with Crippen LogP contribution in [0.4, 0.5) is 0 Å². The number of benzene rings is 1. The molecule has 1 aromatic carbocycles. The molecule has 1 fully saturated rings. The van der Waals surface area contributed by atoms with E-state index in [0.717, 1.165) is 12.1 Å². The highest BCUT2D eigenvalue weighted by molar-refractivity contribution is 7.80. The molecule has 0 radical (unpaired) electrons. The Morgan fingerprint density at radius 1 is 1.47 bits per heavy atom. The molecule has 2 N–H and O–H groups in total. The third-order valence-electron chi connectivity index (χ3n) is 3.54. The molecule has 92 valence electrons. The van der Waals surface area contributed by atoms with Gasteiger partial charge in [-0.15, -0.1) is 0 Å². The van der Waals surface area contributed by atoms with E-state index in [9.17, 15) is 0 Å². The SMILES string of the molecule is CC1CCCCN1Cc1cccc(C(N)=S)c1. The van der Waals surface area contributed by atoms with Gasteiger partial charge in [0.05, 0.1) is 0 Å². The molecule has 1 atom stereocenters. The molecule has 3 heteroatoms. The van der Waals surface area contributed by atoms with E-state index in [1.807, 2.05) is 12.1 Å². The molecule has 0 bridgehead atoms. The van der Waals surface area contributed by atoms with E-state index in [1.54, 1.807) is 0 Å². The number of rotatable bonds is 3. The molecule has 1 aromatic rings. The van der Waals surface area contributed by atoms with E-state index in [4.69, 9.17) is 18.0 Å². The van der Waals surface area contributed by atoms with Crippen molar-refractivity contribution in [2.45, 2.75) is 38.8 Å². The largest absolute Gasteiger partial charge is 0.389 e. The normalized spacial score (nSPS) is 21.4. The second-order valence-electron chi connectivity index (χ2n) is 4.88. The van der Waals surface area contributed by atoms with Crippen LogP contribution < -0.4 is 5.73 Å². The van der Waals surface area contributed by atoms with Gasteiger partial charge in [-0.1, -0.05) is 36.8 Å². The van der Waals surface area contributed by atoms with E-state index in [1.165, 1.54) is 31.4 Å². The summed E-state index contributed by atoms with van der Waals surface area (Å²) >= 11 is 5.01. The van der Waals surface area contributed by atoms with E-state index < -0.39 is 0 Å². The lowest BCUT2D eigenvalue weighted by atomic mass is 10.0. The average Bonchev–Trinajstić information content (AvgIpc) is 2.32. The molecule has 1 heterocycles. The van der Waals surface area contributed by atoms with Crippen molar-refractivity contribution in [2.24, 2.45) is 5.73 Å². The van der Waals surface area contributed by atoms with Crippen LogP contribution in [0, 0.1) is 0 Å². The Balaban J connectivity index is 2.07. The second-order valence-corrected chi connectivity index (χ2v) is 5.32. The predicted molar refractivity (Wildman–Crippen MR) is 76.1 cm³/mol. The average molecular weight is 248 g/mol. The number of likely N-dealkylation sites (tertiary alicyclic amines) is 1. The number of hydrogen-bond acceptors (Lipinski definition) is 2. The Kier molecular flexibility index (Phi) is 4.13. The summed E-state index contributed by atoms with van der Waals surface area (Å²) in [5.74, 6) is 0. The summed E-state index contributed by atoms with van der Waals surface area (Å²) in [6, 6.07) is 8.98. The first-order valence-electron chi connectivity index (χ1n) is 6.29. The van der Waals surface area contributed by atoms with Crippen LogP contribution in [0.5, 0.6) is 0 Å². The Morgan fingerprint density at radius 2 is 2.29 bits per heavy atom. The highest BCUT2D eigenvalue weighted by Crippen LogP contribution is 2.19. The highest BCUT2D eigenvalue weighted by atomic mass is 32.1. The third-order valence-corrected chi connectivity index (χ3v) is 3.77. The fourth-order valence-corrected chi connectivity index (χ4v) is 2.58. The van der Waals surface area contributed by atoms with Crippen LogP contribution in [-0.2, 0) is 6.54 Å². The lowest BCUT2D eigenvalue weighted by Crippen LogP contribution is -2.36. The minimum absolute atomic E-state index is 0.485. The van der Waals surface area contributed by atoms with Crippen LogP contribution in [-0.4, -0.2) is 22.5 Å². The molecular formula is C14H20N2S. The van der Waals surface area contributed by atoms with Crippen LogP contribution in [0.3, 0.4) is 0 Å². The van der Waals surface area contributed by atoms with Gasteiger partial charge in [-0.05, 0) is 37.9 Å². The fraction of sp³-hybridized carbons (Fsp3) is 0.500. The van der Waals surface area contributed by atoms with Crippen LogP contribution in [0.1, 0.15) is 37.3 Å². The van der Waals surface area contributed by atoms with Gasteiger partial charge in [-0.2, -0.15) is 0 Å². The van der Waals surface area contributed by atoms with E-state index >= 15 is 0 Å². The van der Waals surface area contributed by atoms with Gasteiger partial charge in [0.25, 0.3) is 0 Å². The predicted octanol–water partition coefficient (Wildman–Crippen LogP) is 2.70. The van der Waals surface area contributed by atoms with Crippen molar-refractivity contribution in [2.75, 3.05) is 6.54 Å². The number of nitrogens with two attached hydrogens (primary N) is 1. The van der Waals surface area contributed by atoms with E-state index in [2.05, 4.69) is 24.0 Å². The molecule has 1 aliphatic heterocycles. The van der Waals surface area contributed by atoms with Crippen LogP contribution in [0.2, 0.25) is 0 Å². The van der Waals surface area contributed by atoms with Crippen molar-refractivity contribution in [3.8, 4) is 0 Å². The summed E-state index contributed by atoms with van der Waals surface area (Å²) in [6.07, 6.45) is 4.00. The maximum atomic E-state index is 5.66. The lowest BCUT2D eigenvalue weighted by molar-refractivity contribution is 0.152. The van der Waals surface area contributed by atoms with Gasteiger partial charge in [-0.3, -0.25) is 4.90 Å². The van der Waals surface area contributed by atoms with Gasteiger partial charge in [0.1, 0.15) is 4.99 Å². The first-order chi connectivity index (χ1) is 8.16. The Hall–Kier alpha value is -0.930. The maximum Gasteiger partial charge on any atom is 0.103 e. The van der Waals surface area contributed by atoms with Crippen molar-refractivity contribution in [3.63, 3.8) is 0 Å². The molecule has 17 heavy (non-hydrogen) atoms. The summed E-state index contributed by atoms with van der Waals surface area (Å²) in [4.78, 5) is 3.03. The number of hydrogen-bond donors (Lipinski definition) is 1. The first kappa shape index (κ1) is 12.5. The lowest BCUT2D eigenvalue weighted by Gasteiger charge is -2.33. The highest BCUT2D eigenvalue weighted by Gasteiger charge is 2.18. The minimum atomic E-state index is 0.485. The third kappa shape index (κ3) is 3.27. The Labute approximate surface area is 109 Å². The molecule has 1 aliphatic rings. The number of thiocarbonyl (C=S) groups is 1. The monoisotopic (exact) mass is 248 g/mol. The summed E-state index contributed by atoms with van der Waals surface area (Å²) in [5.41, 5.74) is 7.94. The minimum Gasteiger partial charge on any atom is -0.389 e. The molecule has 1 unspecified atom stereocenters. The Morgan fingerprint density at radius 3 is 3.00 bits per heavy atom. The van der Waals surface area contributed by atoms with Gasteiger partial charge in [-0.25, -0.2) is 0 Å². The smallest absolute Gasteiger partial charge is 0.103 e. The second kappa shape index (κ2) is 5.61. The van der Waals surface area contributed by atoms with Crippen molar-refractivity contribution >= 4 is 17.2 Å². The van der Waals surface area contributed by atoms with E-state index in [0.29, 0.717) is 11.0 Å². The standard InChI is InChI=1S/C14H20N2S/c1-11-5-2-3-8-16(11)10-12-6-4-7-13(9-12)14(15)17/h4,6-7,9,11H,2-3,5,8,10H2,1H3,(H2,15,17). The fourth-order valence-electron chi connectivity index (χ4n) is 2.45. The van der Waals surface area contributed by atoms with Gasteiger partial charge < -0.3 is 5.73 Å². The Bertz CT molecular complexity index is 403. The first-order valence-corrected chi connectivity index (χ1v) is 6.70. The van der Waals surface area contributed by atoms with Crippen molar-refractivity contribution < 1.29 is 0 Å². The van der Waals surface area contributed by atoms with Crippen LogP contribution in [0.15, 0.2) is 24.3 Å². The summed E-state index contributed by atoms with van der Waals surface area (Å²) in [6.45, 7) is 4.53. The van der Waals surface area contributed by atoms with Crippen molar-refractivity contribution in [3.05, 3.63) is 35.4 Å².